The number of likely N-dealkylation sites (N-methyl/N-ethyl adjacent to an activating group) is 1. The molecule has 0 saturated carbocycles. The predicted octanol–water partition coefficient (Wildman–Crippen LogP) is 4.95. The molecule has 0 spiro atoms. The van der Waals surface area contributed by atoms with E-state index in [0.29, 0.717) is 23.9 Å². The van der Waals surface area contributed by atoms with Crippen LogP contribution in [0.5, 0.6) is 0 Å². The Kier molecular flexibility index (Phi) is 3.61. The van der Waals surface area contributed by atoms with E-state index >= 15 is 0 Å². The van der Waals surface area contributed by atoms with Gasteiger partial charge in [-0.15, -0.1) is 0 Å². The Morgan fingerprint density at radius 3 is 2.68 bits per heavy atom. The minimum absolute atomic E-state index is 0.400. The van der Waals surface area contributed by atoms with Crippen LogP contribution in [-0.2, 0) is 0 Å². The number of nitrogens with one attached hydrogen (secondary N) is 1. The molecular formula is C21H22ClN3. The van der Waals surface area contributed by atoms with Gasteiger partial charge in [0, 0.05) is 23.0 Å². The number of piperidine rings is 1. The first kappa shape index (κ1) is 15.4. The number of imidazole rings is 1. The summed E-state index contributed by atoms with van der Waals surface area (Å²) in [5.41, 5.74) is 3.59. The Balaban J connectivity index is 1.62. The van der Waals surface area contributed by atoms with Crippen LogP contribution >= 0.6 is 11.6 Å². The Hall–Kier alpha value is -1.84. The third-order valence-electron chi connectivity index (χ3n) is 6.29. The Labute approximate surface area is 153 Å². The normalized spacial score (nSPS) is 29.4. The fourth-order valence-corrected chi connectivity index (χ4v) is 5.15. The van der Waals surface area contributed by atoms with E-state index < -0.39 is 0 Å². The molecule has 3 aromatic rings. The highest BCUT2D eigenvalue weighted by molar-refractivity contribution is 6.30. The van der Waals surface area contributed by atoms with E-state index in [1.807, 2.05) is 12.1 Å². The Morgan fingerprint density at radius 2 is 1.88 bits per heavy atom. The molecule has 4 heteroatoms. The van der Waals surface area contributed by atoms with Gasteiger partial charge in [0.15, 0.2) is 0 Å². The van der Waals surface area contributed by atoms with Gasteiger partial charge >= 0.3 is 0 Å². The van der Waals surface area contributed by atoms with Crippen molar-refractivity contribution >= 4 is 22.6 Å². The van der Waals surface area contributed by atoms with Crippen molar-refractivity contribution in [3.05, 3.63) is 64.9 Å². The second-order valence-electron chi connectivity index (χ2n) is 7.52. The highest BCUT2D eigenvalue weighted by Crippen LogP contribution is 2.50. The van der Waals surface area contributed by atoms with Crippen LogP contribution in [0.3, 0.4) is 0 Å². The van der Waals surface area contributed by atoms with Crippen LogP contribution in [0.1, 0.15) is 42.5 Å². The lowest BCUT2D eigenvalue weighted by Crippen LogP contribution is -2.44. The van der Waals surface area contributed by atoms with Crippen LogP contribution in [-0.4, -0.2) is 34.0 Å². The molecule has 3 heterocycles. The summed E-state index contributed by atoms with van der Waals surface area (Å²) in [6.45, 7) is 0. The summed E-state index contributed by atoms with van der Waals surface area (Å²) >= 11 is 6.12. The van der Waals surface area contributed by atoms with Crippen LogP contribution in [0, 0.1) is 0 Å². The number of aromatic amines is 1. The molecule has 5 rings (SSSR count). The van der Waals surface area contributed by atoms with Gasteiger partial charge in [0.2, 0.25) is 0 Å². The standard InChI is InChI=1S/C21H22ClN3/c1-25-15-10-11-19(25)20(16(12-15)13-6-8-14(22)9-7-13)21-23-17-4-2-3-5-18(17)24-21/h2-9,15-16,19-20H,10-12H2,1H3,(H,23,24)/t15-,16?,19?,20+/m1/s1. The molecule has 0 radical (unpaired) electrons. The van der Waals surface area contributed by atoms with Crippen molar-refractivity contribution in [3.63, 3.8) is 0 Å². The summed E-state index contributed by atoms with van der Waals surface area (Å²) < 4.78 is 0. The van der Waals surface area contributed by atoms with Gasteiger partial charge in [-0.2, -0.15) is 0 Å². The van der Waals surface area contributed by atoms with Gasteiger partial charge in [-0.05, 0) is 62.1 Å². The van der Waals surface area contributed by atoms with Crippen LogP contribution in [0.25, 0.3) is 11.0 Å². The van der Waals surface area contributed by atoms with Crippen molar-refractivity contribution in [2.75, 3.05) is 7.05 Å². The zero-order valence-corrected chi connectivity index (χ0v) is 15.1. The molecule has 0 amide bonds. The molecule has 4 atom stereocenters. The van der Waals surface area contributed by atoms with Gasteiger partial charge in [-0.3, -0.25) is 4.90 Å². The number of aromatic nitrogens is 2. The average Bonchev–Trinajstić information content (AvgIpc) is 3.14. The number of benzene rings is 2. The van der Waals surface area contributed by atoms with Gasteiger partial charge in [0.1, 0.15) is 5.82 Å². The van der Waals surface area contributed by atoms with Crippen LogP contribution in [0.2, 0.25) is 5.02 Å². The van der Waals surface area contributed by atoms with Gasteiger partial charge in [-0.25, -0.2) is 4.98 Å². The molecule has 2 unspecified atom stereocenters. The first-order chi connectivity index (χ1) is 12.2. The number of hydrogen-bond acceptors (Lipinski definition) is 2. The number of nitrogens with zero attached hydrogens (tertiary/aromatic N) is 2. The van der Waals surface area contributed by atoms with Crippen LogP contribution in [0.4, 0.5) is 0 Å². The summed E-state index contributed by atoms with van der Waals surface area (Å²) in [5, 5.41) is 0.805. The molecule has 3 nitrogen and oxygen atoms in total. The molecule has 0 aliphatic carbocycles. The number of hydrogen-bond donors (Lipinski definition) is 1. The molecule has 2 aliphatic heterocycles. The molecule has 128 valence electrons. The fourth-order valence-electron chi connectivity index (χ4n) is 5.02. The van der Waals surface area contributed by atoms with E-state index in [4.69, 9.17) is 16.6 Å². The second-order valence-corrected chi connectivity index (χ2v) is 7.96. The first-order valence-corrected chi connectivity index (χ1v) is 9.50. The molecule has 2 saturated heterocycles. The molecule has 2 aliphatic rings. The quantitative estimate of drug-likeness (QED) is 0.708. The van der Waals surface area contributed by atoms with Gasteiger partial charge in [0.25, 0.3) is 0 Å². The van der Waals surface area contributed by atoms with Crippen molar-refractivity contribution < 1.29 is 0 Å². The molecular weight excluding hydrogens is 330 g/mol. The SMILES string of the molecule is CN1C2CC[C@@H]1CC(c1ccc(Cl)cc1)[C@@H]2c1nc2ccccc2[nH]1. The molecule has 2 bridgehead atoms. The summed E-state index contributed by atoms with van der Waals surface area (Å²) in [4.78, 5) is 11.2. The lowest BCUT2D eigenvalue weighted by molar-refractivity contribution is 0.134. The highest BCUT2D eigenvalue weighted by Gasteiger charge is 2.47. The summed E-state index contributed by atoms with van der Waals surface area (Å²) in [6.07, 6.45) is 3.74. The van der Waals surface area contributed by atoms with Crippen molar-refractivity contribution in [1.29, 1.82) is 0 Å². The Bertz CT molecular complexity index is 868. The van der Waals surface area contributed by atoms with E-state index in [1.165, 1.54) is 24.8 Å². The van der Waals surface area contributed by atoms with E-state index in [2.05, 4.69) is 53.3 Å². The third kappa shape index (κ3) is 2.49. The minimum atomic E-state index is 0.400. The van der Waals surface area contributed by atoms with Crippen LogP contribution in [0.15, 0.2) is 48.5 Å². The smallest absolute Gasteiger partial charge is 0.112 e. The van der Waals surface area contributed by atoms with E-state index in [0.717, 1.165) is 21.9 Å². The maximum absolute atomic E-state index is 6.12. The topological polar surface area (TPSA) is 31.9 Å². The average molecular weight is 352 g/mol. The number of rotatable bonds is 2. The minimum Gasteiger partial charge on any atom is -0.342 e. The third-order valence-corrected chi connectivity index (χ3v) is 6.54. The van der Waals surface area contributed by atoms with Gasteiger partial charge in [-0.1, -0.05) is 35.9 Å². The summed E-state index contributed by atoms with van der Waals surface area (Å²) in [7, 11) is 2.29. The van der Waals surface area contributed by atoms with Crippen molar-refractivity contribution in [3.8, 4) is 0 Å². The first-order valence-electron chi connectivity index (χ1n) is 9.13. The maximum Gasteiger partial charge on any atom is 0.112 e. The number of fused-ring (bicyclic) bond motifs is 3. The molecule has 1 aromatic heterocycles. The monoisotopic (exact) mass is 351 g/mol. The van der Waals surface area contributed by atoms with Gasteiger partial charge in [0.05, 0.1) is 11.0 Å². The second kappa shape index (κ2) is 5.86. The highest BCUT2D eigenvalue weighted by atomic mass is 35.5. The number of H-pyrrole nitrogens is 1. The van der Waals surface area contributed by atoms with E-state index in [-0.39, 0.29) is 0 Å². The largest absolute Gasteiger partial charge is 0.342 e. The van der Waals surface area contributed by atoms with Crippen LogP contribution < -0.4 is 0 Å². The summed E-state index contributed by atoms with van der Waals surface area (Å²) in [6, 6.07) is 18.0. The number of halogens is 1. The number of para-hydroxylation sites is 2. The van der Waals surface area contributed by atoms with Crippen molar-refractivity contribution in [2.45, 2.75) is 43.2 Å². The molecule has 2 aromatic carbocycles. The lowest BCUT2D eigenvalue weighted by atomic mass is 9.76. The molecule has 1 N–H and O–H groups in total. The van der Waals surface area contributed by atoms with E-state index in [9.17, 15) is 0 Å². The lowest BCUT2D eigenvalue weighted by Gasteiger charge is -2.42. The fraction of sp³-hybridized carbons (Fsp3) is 0.381. The molecule has 25 heavy (non-hydrogen) atoms. The van der Waals surface area contributed by atoms with E-state index in [1.54, 1.807) is 0 Å². The van der Waals surface area contributed by atoms with Crippen molar-refractivity contribution in [1.82, 2.24) is 14.9 Å². The zero-order valence-electron chi connectivity index (χ0n) is 14.3. The zero-order chi connectivity index (χ0) is 17.0. The van der Waals surface area contributed by atoms with Gasteiger partial charge < -0.3 is 4.98 Å². The maximum atomic E-state index is 6.12. The summed E-state index contributed by atoms with van der Waals surface area (Å²) in [5.74, 6) is 2.03. The predicted molar refractivity (Wildman–Crippen MR) is 102 cm³/mol. The van der Waals surface area contributed by atoms with Crippen molar-refractivity contribution in [2.24, 2.45) is 0 Å². The molecule has 2 fully saturated rings. The Morgan fingerprint density at radius 1 is 1.08 bits per heavy atom.